The van der Waals surface area contributed by atoms with Crippen LogP contribution in [0.25, 0.3) is 10.9 Å². The molecule has 0 fully saturated rings. The molecule has 6 nitrogen and oxygen atoms in total. The molecular weight excluding hydrogens is 282 g/mol. The molecule has 22 heavy (non-hydrogen) atoms. The highest BCUT2D eigenvalue weighted by Gasteiger charge is 2.25. The van der Waals surface area contributed by atoms with Gasteiger partial charge < -0.3 is 16.0 Å². The van der Waals surface area contributed by atoms with Crippen LogP contribution in [0.5, 0.6) is 0 Å². The molecule has 1 aromatic carbocycles. The lowest BCUT2D eigenvalue weighted by Crippen LogP contribution is -2.48. The molecule has 2 atom stereocenters. The summed E-state index contributed by atoms with van der Waals surface area (Å²) in [4.78, 5) is 38.4. The van der Waals surface area contributed by atoms with Gasteiger partial charge in [0.15, 0.2) is 0 Å². The third-order valence-electron chi connectivity index (χ3n) is 3.80. The molecule has 0 aliphatic carbocycles. The van der Waals surface area contributed by atoms with E-state index in [9.17, 15) is 14.4 Å². The summed E-state index contributed by atoms with van der Waals surface area (Å²) in [5.41, 5.74) is 5.79. The van der Waals surface area contributed by atoms with E-state index in [4.69, 9.17) is 5.73 Å². The highest BCUT2D eigenvalue weighted by Crippen LogP contribution is 2.15. The molecule has 2 amide bonds. The van der Waals surface area contributed by atoms with Gasteiger partial charge in [-0.25, -0.2) is 0 Å². The predicted molar refractivity (Wildman–Crippen MR) is 84.5 cm³/mol. The first-order valence-corrected chi connectivity index (χ1v) is 7.16. The molecule has 0 saturated heterocycles. The van der Waals surface area contributed by atoms with Crippen LogP contribution >= 0.6 is 0 Å². The zero-order valence-corrected chi connectivity index (χ0v) is 12.6. The molecule has 1 aromatic heterocycles. The summed E-state index contributed by atoms with van der Waals surface area (Å²) in [6.07, 6.45) is 0.698. The lowest BCUT2D eigenvalue weighted by molar-refractivity contribution is -0.120. The zero-order valence-electron chi connectivity index (χ0n) is 12.6. The minimum atomic E-state index is -0.768. The summed E-state index contributed by atoms with van der Waals surface area (Å²) in [5, 5.41) is 3.25. The van der Waals surface area contributed by atoms with E-state index in [1.54, 1.807) is 24.3 Å². The van der Waals surface area contributed by atoms with E-state index >= 15 is 0 Å². The van der Waals surface area contributed by atoms with Gasteiger partial charge in [-0.05, 0) is 12.0 Å². The number of aromatic nitrogens is 1. The minimum absolute atomic E-state index is 0.0882. The number of nitrogens with two attached hydrogens (primary N) is 1. The van der Waals surface area contributed by atoms with Crippen LogP contribution in [0.4, 0.5) is 0 Å². The number of hydrogen-bond acceptors (Lipinski definition) is 3. The van der Waals surface area contributed by atoms with E-state index < -0.39 is 17.9 Å². The fourth-order valence-electron chi connectivity index (χ4n) is 2.34. The maximum atomic E-state index is 12.5. The molecule has 0 saturated carbocycles. The number of benzene rings is 1. The number of primary amides is 1. The fraction of sp³-hybridized carbons (Fsp3) is 0.312. The number of carbonyl (C=O) groups is 2. The Balaban J connectivity index is 2.41. The van der Waals surface area contributed by atoms with Crippen molar-refractivity contribution in [2.45, 2.75) is 26.3 Å². The molecule has 4 N–H and O–H groups in total. The van der Waals surface area contributed by atoms with Crippen LogP contribution in [0.3, 0.4) is 0 Å². The summed E-state index contributed by atoms with van der Waals surface area (Å²) < 4.78 is 0. The van der Waals surface area contributed by atoms with Crippen molar-refractivity contribution in [1.29, 1.82) is 0 Å². The summed E-state index contributed by atoms with van der Waals surface area (Å²) in [7, 11) is 0. The van der Waals surface area contributed by atoms with Gasteiger partial charge in [-0.1, -0.05) is 38.5 Å². The van der Waals surface area contributed by atoms with Gasteiger partial charge >= 0.3 is 0 Å². The van der Waals surface area contributed by atoms with Gasteiger partial charge in [-0.15, -0.1) is 0 Å². The number of amides is 2. The molecule has 116 valence electrons. The standard InChI is InChI=1S/C16H19N3O3/c1-3-9(2)14(15(17)21)19-16(22)11-8-13(20)18-12-7-5-4-6-10(11)12/h4-9,14H,3H2,1-2H3,(H2,17,21)(H,18,20)(H,19,22). The molecular formula is C16H19N3O3. The van der Waals surface area contributed by atoms with Crippen LogP contribution in [0.2, 0.25) is 0 Å². The monoisotopic (exact) mass is 301 g/mol. The predicted octanol–water partition coefficient (Wildman–Crippen LogP) is 1.16. The number of rotatable bonds is 5. The van der Waals surface area contributed by atoms with Gasteiger partial charge in [0.2, 0.25) is 11.5 Å². The Morgan fingerprint density at radius 2 is 2.00 bits per heavy atom. The Hall–Kier alpha value is -2.63. The van der Waals surface area contributed by atoms with Gasteiger partial charge in [0.1, 0.15) is 6.04 Å². The Bertz CT molecular complexity index is 767. The van der Waals surface area contributed by atoms with E-state index in [1.165, 1.54) is 6.07 Å². The number of hydrogen-bond donors (Lipinski definition) is 3. The highest BCUT2D eigenvalue weighted by molar-refractivity contribution is 6.07. The maximum absolute atomic E-state index is 12.5. The molecule has 0 aliphatic heterocycles. The molecule has 0 aliphatic rings. The van der Waals surface area contributed by atoms with Crippen LogP contribution in [0.15, 0.2) is 35.1 Å². The normalized spacial score (nSPS) is 13.5. The molecule has 2 unspecified atom stereocenters. The molecule has 0 radical (unpaired) electrons. The number of para-hydroxylation sites is 1. The van der Waals surface area contributed by atoms with E-state index in [0.717, 1.165) is 0 Å². The smallest absolute Gasteiger partial charge is 0.252 e. The quantitative estimate of drug-likeness (QED) is 0.771. The molecule has 0 bridgehead atoms. The fourth-order valence-corrected chi connectivity index (χ4v) is 2.34. The first-order valence-electron chi connectivity index (χ1n) is 7.16. The van der Waals surface area contributed by atoms with Gasteiger partial charge in [0.25, 0.3) is 5.91 Å². The van der Waals surface area contributed by atoms with Crippen LogP contribution in [-0.4, -0.2) is 22.8 Å². The first-order chi connectivity index (χ1) is 10.4. The zero-order chi connectivity index (χ0) is 16.3. The van der Waals surface area contributed by atoms with Crippen molar-refractivity contribution >= 4 is 22.7 Å². The van der Waals surface area contributed by atoms with Gasteiger partial charge in [0.05, 0.1) is 5.56 Å². The van der Waals surface area contributed by atoms with E-state index in [-0.39, 0.29) is 17.0 Å². The van der Waals surface area contributed by atoms with Crippen molar-refractivity contribution in [2.75, 3.05) is 0 Å². The Morgan fingerprint density at radius 1 is 1.32 bits per heavy atom. The van der Waals surface area contributed by atoms with Crippen molar-refractivity contribution < 1.29 is 9.59 Å². The van der Waals surface area contributed by atoms with Gasteiger partial charge in [-0.3, -0.25) is 14.4 Å². The Kier molecular flexibility index (Phi) is 4.60. The molecule has 6 heteroatoms. The summed E-state index contributed by atoms with van der Waals surface area (Å²) in [6.45, 7) is 3.75. The van der Waals surface area contributed by atoms with Crippen molar-refractivity contribution in [2.24, 2.45) is 11.7 Å². The van der Waals surface area contributed by atoms with Gasteiger partial charge in [0, 0.05) is 17.0 Å². The number of carbonyl (C=O) groups excluding carboxylic acids is 2. The van der Waals surface area contributed by atoms with Crippen LogP contribution in [0.1, 0.15) is 30.6 Å². The largest absolute Gasteiger partial charge is 0.368 e. The van der Waals surface area contributed by atoms with Crippen LogP contribution in [-0.2, 0) is 4.79 Å². The van der Waals surface area contributed by atoms with Gasteiger partial charge in [-0.2, -0.15) is 0 Å². The Morgan fingerprint density at radius 3 is 2.64 bits per heavy atom. The van der Waals surface area contributed by atoms with E-state index in [0.29, 0.717) is 17.3 Å². The average Bonchev–Trinajstić information content (AvgIpc) is 2.50. The number of H-pyrrole nitrogens is 1. The lowest BCUT2D eigenvalue weighted by atomic mass is 9.98. The third-order valence-corrected chi connectivity index (χ3v) is 3.80. The summed E-state index contributed by atoms with van der Waals surface area (Å²) in [5.74, 6) is -1.15. The number of nitrogens with one attached hydrogen (secondary N) is 2. The second kappa shape index (κ2) is 6.43. The Labute approximate surface area is 127 Å². The third kappa shape index (κ3) is 3.16. The van der Waals surface area contributed by atoms with Crippen molar-refractivity contribution in [1.82, 2.24) is 10.3 Å². The van der Waals surface area contributed by atoms with Crippen LogP contribution in [0, 0.1) is 5.92 Å². The molecule has 0 spiro atoms. The van der Waals surface area contributed by atoms with E-state index in [2.05, 4.69) is 10.3 Å². The minimum Gasteiger partial charge on any atom is -0.368 e. The highest BCUT2D eigenvalue weighted by atomic mass is 16.2. The summed E-state index contributed by atoms with van der Waals surface area (Å²) >= 11 is 0. The average molecular weight is 301 g/mol. The second-order valence-corrected chi connectivity index (χ2v) is 5.33. The topological polar surface area (TPSA) is 105 Å². The second-order valence-electron chi connectivity index (χ2n) is 5.33. The number of pyridine rings is 1. The maximum Gasteiger partial charge on any atom is 0.252 e. The number of fused-ring (bicyclic) bond motifs is 1. The van der Waals surface area contributed by atoms with Crippen LogP contribution < -0.4 is 16.6 Å². The van der Waals surface area contributed by atoms with E-state index in [1.807, 2.05) is 13.8 Å². The first kappa shape index (κ1) is 15.8. The molecule has 2 aromatic rings. The lowest BCUT2D eigenvalue weighted by Gasteiger charge is -2.21. The van der Waals surface area contributed by atoms with Crippen molar-refractivity contribution in [3.63, 3.8) is 0 Å². The number of aromatic amines is 1. The molecule has 2 rings (SSSR count). The van der Waals surface area contributed by atoms with Crippen molar-refractivity contribution in [3.05, 3.63) is 46.2 Å². The SMILES string of the molecule is CCC(C)C(NC(=O)c1cc(=O)[nH]c2ccccc12)C(N)=O. The van der Waals surface area contributed by atoms with Crippen molar-refractivity contribution in [3.8, 4) is 0 Å². The molecule has 1 heterocycles. The summed E-state index contributed by atoms with van der Waals surface area (Å²) in [6, 6.07) is 7.46.